The highest BCUT2D eigenvalue weighted by atomic mass is 19.1. The maximum atomic E-state index is 13.3. The van der Waals surface area contributed by atoms with E-state index in [0.717, 1.165) is 11.6 Å². The van der Waals surface area contributed by atoms with E-state index >= 15 is 0 Å². The van der Waals surface area contributed by atoms with Gasteiger partial charge in [0, 0.05) is 24.8 Å². The van der Waals surface area contributed by atoms with Crippen LogP contribution in [-0.2, 0) is 6.54 Å². The van der Waals surface area contributed by atoms with Gasteiger partial charge in [-0.25, -0.2) is 4.39 Å². The van der Waals surface area contributed by atoms with Crippen molar-refractivity contribution in [2.75, 3.05) is 19.9 Å². The third-order valence-electron chi connectivity index (χ3n) is 3.19. The number of rotatable bonds is 4. The van der Waals surface area contributed by atoms with Crippen molar-refractivity contribution in [1.82, 2.24) is 4.90 Å². The number of hydrogen-bond acceptors (Lipinski definition) is 3. The van der Waals surface area contributed by atoms with Gasteiger partial charge in [-0.3, -0.25) is 4.79 Å². The number of nitrogens with zero attached hydrogens (tertiary/aromatic N) is 1. The zero-order valence-electron chi connectivity index (χ0n) is 12.0. The summed E-state index contributed by atoms with van der Waals surface area (Å²) in [5, 5.41) is 0. The molecule has 0 bridgehead atoms. The lowest BCUT2D eigenvalue weighted by atomic mass is 10.1. The maximum absolute atomic E-state index is 13.3. The minimum Gasteiger partial charge on any atom is -0.496 e. The molecule has 4 nitrogen and oxygen atoms in total. The summed E-state index contributed by atoms with van der Waals surface area (Å²) in [5.41, 5.74) is 7.02. The molecule has 2 aromatic carbocycles. The Morgan fingerprint density at radius 2 is 2.00 bits per heavy atom. The fourth-order valence-corrected chi connectivity index (χ4v) is 2.08. The van der Waals surface area contributed by atoms with Gasteiger partial charge in [-0.15, -0.1) is 0 Å². The van der Waals surface area contributed by atoms with Crippen LogP contribution in [-0.4, -0.2) is 25.0 Å². The van der Waals surface area contributed by atoms with E-state index in [1.165, 1.54) is 17.0 Å². The molecule has 2 aromatic rings. The molecule has 2 N–H and O–H groups in total. The normalized spacial score (nSPS) is 10.2. The van der Waals surface area contributed by atoms with Crippen LogP contribution in [0.25, 0.3) is 0 Å². The van der Waals surface area contributed by atoms with Gasteiger partial charge < -0.3 is 15.4 Å². The van der Waals surface area contributed by atoms with Gasteiger partial charge in [0.15, 0.2) is 0 Å². The monoisotopic (exact) mass is 288 g/mol. The second kappa shape index (κ2) is 6.26. The van der Waals surface area contributed by atoms with Gasteiger partial charge in [0.1, 0.15) is 11.6 Å². The number of amides is 1. The SMILES string of the molecule is COc1ccccc1CN(C)C(=O)c1cc(F)ccc1N. The van der Waals surface area contributed by atoms with Crippen molar-refractivity contribution in [3.8, 4) is 5.75 Å². The number of methoxy groups -OCH3 is 1. The highest BCUT2D eigenvalue weighted by molar-refractivity contribution is 5.98. The molecule has 0 heterocycles. The molecule has 0 aliphatic heterocycles. The molecule has 0 aliphatic rings. The highest BCUT2D eigenvalue weighted by Gasteiger charge is 2.17. The Kier molecular flexibility index (Phi) is 4.42. The molecular formula is C16H17FN2O2. The van der Waals surface area contributed by atoms with Crippen LogP contribution in [0.3, 0.4) is 0 Å². The molecule has 0 spiro atoms. The van der Waals surface area contributed by atoms with Crippen molar-refractivity contribution in [2.45, 2.75) is 6.54 Å². The smallest absolute Gasteiger partial charge is 0.256 e. The summed E-state index contributed by atoms with van der Waals surface area (Å²) in [5.74, 6) is -0.125. The lowest BCUT2D eigenvalue weighted by Crippen LogP contribution is -2.27. The quantitative estimate of drug-likeness (QED) is 0.880. The van der Waals surface area contributed by atoms with Crippen LogP contribution < -0.4 is 10.5 Å². The van der Waals surface area contributed by atoms with Crippen molar-refractivity contribution < 1.29 is 13.9 Å². The number of para-hydroxylation sites is 1. The topological polar surface area (TPSA) is 55.6 Å². The van der Waals surface area contributed by atoms with E-state index in [2.05, 4.69) is 0 Å². The van der Waals surface area contributed by atoms with E-state index < -0.39 is 5.82 Å². The summed E-state index contributed by atoms with van der Waals surface area (Å²) in [7, 11) is 3.21. The van der Waals surface area contributed by atoms with E-state index in [-0.39, 0.29) is 17.2 Å². The maximum Gasteiger partial charge on any atom is 0.256 e. The molecule has 0 saturated heterocycles. The predicted octanol–water partition coefficient (Wildman–Crippen LogP) is 2.69. The van der Waals surface area contributed by atoms with Gasteiger partial charge in [0.25, 0.3) is 5.91 Å². The number of ether oxygens (including phenoxy) is 1. The van der Waals surface area contributed by atoms with Crippen LogP contribution in [0.5, 0.6) is 5.75 Å². The molecule has 0 unspecified atom stereocenters. The summed E-state index contributed by atoms with van der Waals surface area (Å²) < 4.78 is 18.5. The molecule has 21 heavy (non-hydrogen) atoms. The van der Waals surface area contributed by atoms with E-state index in [1.54, 1.807) is 14.2 Å². The minimum absolute atomic E-state index is 0.160. The van der Waals surface area contributed by atoms with Gasteiger partial charge in [-0.2, -0.15) is 0 Å². The molecule has 110 valence electrons. The van der Waals surface area contributed by atoms with Crippen LogP contribution in [0.1, 0.15) is 15.9 Å². The Hall–Kier alpha value is -2.56. The van der Waals surface area contributed by atoms with Gasteiger partial charge in [0.2, 0.25) is 0 Å². The largest absolute Gasteiger partial charge is 0.496 e. The number of hydrogen-bond donors (Lipinski definition) is 1. The van der Waals surface area contributed by atoms with E-state index in [4.69, 9.17) is 10.5 Å². The fraction of sp³-hybridized carbons (Fsp3) is 0.188. The number of benzene rings is 2. The lowest BCUT2D eigenvalue weighted by Gasteiger charge is -2.19. The van der Waals surface area contributed by atoms with Crippen LogP contribution >= 0.6 is 0 Å². The van der Waals surface area contributed by atoms with Crippen LogP contribution in [0.2, 0.25) is 0 Å². The standard InChI is InChI=1S/C16H17FN2O2/c1-19(10-11-5-3-4-6-15(11)21-2)16(20)13-9-12(17)7-8-14(13)18/h3-9H,10,18H2,1-2H3. The van der Waals surface area contributed by atoms with E-state index in [1.807, 2.05) is 24.3 Å². The van der Waals surface area contributed by atoms with Crippen molar-refractivity contribution >= 4 is 11.6 Å². The van der Waals surface area contributed by atoms with Crippen LogP contribution in [0.15, 0.2) is 42.5 Å². The second-order valence-electron chi connectivity index (χ2n) is 4.70. The van der Waals surface area contributed by atoms with Crippen molar-refractivity contribution in [3.05, 3.63) is 59.4 Å². The first-order valence-corrected chi connectivity index (χ1v) is 6.45. The molecule has 0 aromatic heterocycles. The Labute approximate surface area is 122 Å². The molecule has 0 atom stereocenters. The van der Waals surface area contributed by atoms with E-state index in [0.29, 0.717) is 12.3 Å². The molecular weight excluding hydrogens is 271 g/mol. The molecule has 0 fully saturated rings. The lowest BCUT2D eigenvalue weighted by molar-refractivity contribution is 0.0785. The third kappa shape index (κ3) is 3.31. The number of carbonyl (C=O) groups is 1. The van der Waals surface area contributed by atoms with Crippen molar-refractivity contribution in [1.29, 1.82) is 0 Å². The summed E-state index contributed by atoms with van der Waals surface area (Å²) in [4.78, 5) is 13.8. The number of halogens is 1. The first kappa shape index (κ1) is 14.8. The minimum atomic E-state index is -0.488. The van der Waals surface area contributed by atoms with Gasteiger partial charge in [0.05, 0.1) is 12.7 Å². The summed E-state index contributed by atoms with van der Waals surface area (Å²) >= 11 is 0. The molecule has 2 rings (SSSR count). The molecule has 5 heteroatoms. The predicted molar refractivity (Wildman–Crippen MR) is 79.6 cm³/mol. The average molecular weight is 288 g/mol. The third-order valence-corrected chi connectivity index (χ3v) is 3.19. The number of nitrogens with two attached hydrogens (primary N) is 1. The Bertz CT molecular complexity index is 658. The van der Waals surface area contributed by atoms with Crippen molar-refractivity contribution in [2.24, 2.45) is 0 Å². The summed E-state index contributed by atoms with van der Waals surface area (Å²) in [6.07, 6.45) is 0. The Morgan fingerprint density at radius 3 is 2.71 bits per heavy atom. The molecule has 1 amide bonds. The highest BCUT2D eigenvalue weighted by Crippen LogP contribution is 2.21. The molecule has 0 aliphatic carbocycles. The number of carbonyl (C=O) groups excluding carboxylic acids is 1. The van der Waals surface area contributed by atoms with Crippen molar-refractivity contribution in [3.63, 3.8) is 0 Å². The zero-order chi connectivity index (χ0) is 15.4. The number of nitrogen functional groups attached to an aromatic ring is 1. The summed E-state index contributed by atoms with van der Waals surface area (Å²) in [6, 6.07) is 11.2. The molecule has 0 saturated carbocycles. The Balaban J connectivity index is 2.22. The average Bonchev–Trinajstić information content (AvgIpc) is 2.49. The summed E-state index contributed by atoms with van der Waals surface area (Å²) in [6.45, 7) is 0.346. The first-order chi connectivity index (χ1) is 10.0. The Morgan fingerprint density at radius 1 is 1.29 bits per heavy atom. The van der Waals surface area contributed by atoms with Gasteiger partial charge in [-0.05, 0) is 24.3 Å². The van der Waals surface area contributed by atoms with Crippen LogP contribution in [0.4, 0.5) is 10.1 Å². The van der Waals surface area contributed by atoms with E-state index in [9.17, 15) is 9.18 Å². The molecule has 0 radical (unpaired) electrons. The van der Waals surface area contributed by atoms with Gasteiger partial charge >= 0.3 is 0 Å². The zero-order valence-corrected chi connectivity index (χ0v) is 12.0. The number of anilines is 1. The second-order valence-corrected chi connectivity index (χ2v) is 4.70. The van der Waals surface area contributed by atoms with Crippen LogP contribution in [0, 0.1) is 5.82 Å². The van der Waals surface area contributed by atoms with Gasteiger partial charge in [-0.1, -0.05) is 18.2 Å². The fourth-order valence-electron chi connectivity index (χ4n) is 2.08. The first-order valence-electron chi connectivity index (χ1n) is 6.45.